The van der Waals surface area contributed by atoms with Gasteiger partial charge in [0.05, 0.1) is 18.1 Å². The number of pyridine rings is 1. The molecule has 6 nitrogen and oxygen atoms in total. The van der Waals surface area contributed by atoms with Gasteiger partial charge in [-0.15, -0.1) is 0 Å². The average Bonchev–Trinajstić information content (AvgIpc) is 2.66. The molecular formula is C16H21N3O3S. The number of nitrogens with one attached hydrogen (secondary N) is 1. The summed E-state index contributed by atoms with van der Waals surface area (Å²) in [6, 6.07) is 6.89. The average molecular weight is 335 g/mol. The van der Waals surface area contributed by atoms with Gasteiger partial charge in [-0.2, -0.15) is 4.31 Å². The van der Waals surface area contributed by atoms with E-state index in [9.17, 15) is 8.42 Å². The van der Waals surface area contributed by atoms with Crippen LogP contribution in [0.4, 0.5) is 0 Å². The first-order valence-electron chi connectivity index (χ1n) is 7.74. The summed E-state index contributed by atoms with van der Waals surface area (Å²) in [5.41, 5.74) is 0. The Morgan fingerprint density at radius 2 is 2.17 bits per heavy atom. The standard InChI is InChI=1S/C16H21N3O3S/c1-13-11-18-7-9-22-10-8-19(13)23(20,21)16-4-2-3-14-12-17-6-5-15(14)16/h2-6,12-13,18H,7-11H2,1H3/t13-/m1/s1. The van der Waals surface area contributed by atoms with E-state index in [1.807, 2.05) is 13.0 Å². The molecule has 7 heteroatoms. The second-order valence-electron chi connectivity index (χ2n) is 5.63. The fourth-order valence-corrected chi connectivity index (χ4v) is 4.67. The van der Waals surface area contributed by atoms with Crippen molar-refractivity contribution >= 4 is 20.8 Å². The van der Waals surface area contributed by atoms with Crippen LogP contribution in [0.5, 0.6) is 0 Å². The lowest BCUT2D eigenvalue weighted by Gasteiger charge is -2.28. The van der Waals surface area contributed by atoms with Gasteiger partial charge in [-0.3, -0.25) is 4.98 Å². The Hall–Kier alpha value is -1.54. The Balaban J connectivity index is 2.04. The molecule has 0 saturated carbocycles. The summed E-state index contributed by atoms with van der Waals surface area (Å²) >= 11 is 0. The first-order chi connectivity index (χ1) is 11.1. The van der Waals surface area contributed by atoms with Gasteiger partial charge in [0.1, 0.15) is 0 Å². The zero-order valence-corrected chi connectivity index (χ0v) is 13.9. The molecule has 0 spiro atoms. The van der Waals surface area contributed by atoms with Gasteiger partial charge in [-0.1, -0.05) is 12.1 Å². The molecule has 1 aromatic carbocycles. The highest BCUT2D eigenvalue weighted by Crippen LogP contribution is 2.26. The molecule has 1 atom stereocenters. The van der Waals surface area contributed by atoms with Crippen molar-refractivity contribution in [1.82, 2.24) is 14.6 Å². The number of nitrogens with zero attached hydrogens (tertiary/aromatic N) is 2. The van der Waals surface area contributed by atoms with Crippen LogP contribution in [0.15, 0.2) is 41.6 Å². The Morgan fingerprint density at radius 1 is 1.30 bits per heavy atom. The van der Waals surface area contributed by atoms with Crippen LogP contribution >= 0.6 is 0 Å². The number of aromatic nitrogens is 1. The number of ether oxygens (including phenoxy) is 1. The molecule has 1 N–H and O–H groups in total. The first kappa shape index (κ1) is 16.3. The van der Waals surface area contributed by atoms with E-state index in [0.717, 1.165) is 11.9 Å². The van der Waals surface area contributed by atoms with E-state index < -0.39 is 10.0 Å². The van der Waals surface area contributed by atoms with Crippen LogP contribution in [-0.4, -0.2) is 56.6 Å². The zero-order chi connectivity index (χ0) is 16.3. The van der Waals surface area contributed by atoms with Crippen LogP contribution in [0.25, 0.3) is 10.8 Å². The Bertz CT molecular complexity index is 774. The van der Waals surface area contributed by atoms with Gasteiger partial charge in [0.2, 0.25) is 10.0 Å². The summed E-state index contributed by atoms with van der Waals surface area (Å²) < 4.78 is 33.4. The molecule has 1 aliphatic heterocycles. The summed E-state index contributed by atoms with van der Waals surface area (Å²) in [7, 11) is -3.61. The number of sulfonamides is 1. The topological polar surface area (TPSA) is 71.5 Å². The van der Waals surface area contributed by atoms with Gasteiger partial charge < -0.3 is 10.1 Å². The largest absolute Gasteiger partial charge is 0.379 e. The summed E-state index contributed by atoms with van der Waals surface area (Å²) in [4.78, 5) is 4.39. The number of rotatable bonds is 2. The number of hydrogen-bond donors (Lipinski definition) is 1. The zero-order valence-electron chi connectivity index (χ0n) is 13.1. The third kappa shape index (κ3) is 3.37. The second kappa shape index (κ2) is 6.92. The summed E-state index contributed by atoms with van der Waals surface area (Å²) in [6.45, 7) is 4.61. The highest BCUT2D eigenvalue weighted by atomic mass is 32.2. The molecule has 23 heavy (non-hydrogen) atoms. The predicted molar refractivity (Wildman–Crippen MR) is 88.8 cm³/mol. The molecule has 0 bridgehead atoms. The molecule has 1 fully saturated rings. The number of hydrogen-bond acceptors (Lipinski definition) is 5. The minimum Gasteiger partial charge on any atom is -0.379 e. The molecule has 0 unspecified atom stereocenters. The smallest absolute Gasteiger partial charge is 0.244 e. The lowest BCUT2D eigenvalue weighted by atomic mass is 10.2. The summed E-state index contributed by atoms with van der Waals surface area (Å²) in [5.74, 6) is 0. The molecule has 2 aromatic rings. The predicted octanol–water partition coefficient (Wildman–Crippen LogP) is 1.23. The maximum atomic E-state index is 13.2. The van der Waals surface area contributed by atoms with Crippen molar-refractivity contribution in [1.29, 1.82) is 0 Å². The second-order valence-corrected chi connectivity index (χ2v) is 7.49. The van der Waals surface area contributed by atoms with Gasteiger partial charge in [-0.25, -0.2) is 8.42 Å². The van der Waals surface area contributed by atoms with E-state index in [-0.39, 0.29) is 6.04 Å². The number of benzene rings is 1. The molecule has 1 aromatic heterocycles. The third-order valence-corrected chi connectivity index (χ3v) is 6.11. The minimum atomic E-state index is -3.61. The van der Waals surface area contributed by atoms with Crippen molar-refractivity contribution in [3.05, 3.63) is 36.7 Å². The van der Waals surface area contributed by atoms with E-state index in [4.69, 9.17) is 4.74 Å². The van der Waals surface area contributed by atoms with E-state index in [0.29, 0.717) is 36.6 Å². The van der Waals surface area contributed by atoms with Crippen molar-refractivity contribution in [3.8, 4) is 0 Å². The molecule has 2 heterocycles. The first-order valence-corrected chi connectivity index (χ1v) is 9.18. The third-order valence-electron chi connectivity index (χ3n) is 4.04. The maximum absolute atomic E-state index is 13.2. The van der Waals surface area contributed by atoms with Crippen LogP contribution in [0.2, 0.25) is 0 Å². The Morgan fingerprint density at radius 3 is 3.04 bits per heavy atom. The molecule has 0 aliphatic carbocycles. The molecular weight excluding hydrogens is 314 g/mol. The highest BCUT2D eigenvalue weighted by molar-refractivity contribution is 7.89. The fourth-order valence-electron chi connectivity index (χ4n) is 2.84. The summed E-state index contributed by atoms with van der Waals surface area (Å²) in [6.07, 6.45) is 3.30. The van der Waals surface area contributed by atoms with E-state index >= 15 is 0 Å². The quantitative estimate of drug-likeness (QED) is 0.894. The minimum absolute atomic E-state index is 0.140. The Labute approximate surface area is 136 Å². The number of fused-ring (bicyclic) bond motifs is 1. The molecule has 1 aliphatic rings. The normalized spacial score (nSPS) is 21.5. The van der Waals surface area contributed by atoms with Gasteiger partial charge in [0.15, 0.2) is 0 Å². The van der Waals surface area contributed by atoms with Crippen molar-refractivity contribution in [2.75, 3.05) is 32.8 Å². The molecule has 0 radical (unpaired) electrons. The van der Waals surface area contributed by atoms with Crippen molar-refractivity contribution in [2.45, 2.75) is 17.9 Å². The van der Waals surface area contributed by atoms with Gasteiger partial charge in [0, 0.05) is 48.8 Å². The van der Waals surface area contributed by atoms with Gasteiger partial charge >= 0.3 is 0 Å². The van der Waals surface area contributed by atoms with Gasteiger partial charge in [-0.05, 0) is 19.1 Å². The molecule has 0 amide bonds. The van der Waals surface area contributed by atoms with Crippen LogP contribution in [-0.2, 0) is 14.8 Å². The molecule has 124 valence electrons. The van der Waals surface area contributed by atoms with Crippen molar-refractivity contribution in [3.63, 3.8) is 0 Å². The van der Waals surface area contributed by atoms with Crippen LogP contribution in [0, 0.1) is 0 Å². The molecule has 1 saturated heterocycles. The van der Waals surface area contributed by atoms with Crippen LogP contribution in [0.3, 0.4) is 0 Å². The Kier molecular flexibility index (Phi) is 4.91. The van der Waals surface area contributed by atoms with E-state index in [1.54, 1.807) is 30.6 Å². The van der Waals surface area contributed by atoms with Crippen LogP contribution in [0.1, 0.15) is 6.92 Å². The highest BCUT2D eigenvalue weighted by Gasteiger charge is 2.30. The van der Waals surface area contributed by atoms with E-state index in [2.05, 4.69) is 10.3 Å². The van der Waals surface area contributed by atoms with E-state index in [1.165, 1.54) is 4.31 Å². The lowest BCUT2D eigenvalue weighted by molar-refractivity contribution is 0.129. The van der Waals surface area contributed by atoms with Crippen molar-refractivity contribution < 1.29 is 13.2 Å². The fraction of sp³-hybridized carbons (Fsp3) is 0.438. The van der Waals surface area contributed by atoms with Crippen molar-refractivity contribution in [2.24, 2.45) is 0 Å². The SMILES string of the molecule is C[C@@H]1CNCCOCCN1S(=O)(=O)c1cccc2cnccc12. The van der Waals surface area contributed by atoms with Crippen LogP contribution < -0.4 is 5.32 Å². The monoisotopic (exact) mass is 335 g/mol. The summed E-state index contributed by atoms with van der Waals surface area (Å²) in [5, 5.41) is 4.74. The van der Waals surface area contributed by atoms with Gasteiger partial charge in [0.25, 0.3) is 0 Å². The maximum Gasteiger partial charge on any atom is 0.244 e. The lowest BCUT2D eigenvalue weighted by Crippen LogP contribution is -2.44. The molecule has 3 rings (SSSR count).